The van der Waals surface area contributed by atoms with Crippen LogP contribution in [0.4, 0.5) is 0 Å². The van der Waals surface area contributed by atoms with Gasteiger partial charge in [0.05, 0.1) is 12.6 Å². The Morgan fingerprint density at radius 2 is 2.04 bits per heavy atom. The van der Waals surface area contributed by atoms with Crippen molar-refractivity contribution in [2.75, 3.05) is 19.6 Å². The van der Waals surface area contributed by atoms with Crippen LogP contribution in [0.5, 0.6) is 0 Å². The number of amides is 1. The summed E-state index contributed by atoms with van der Waals surface area (Å²) in [6, 6.07) is 7.90. The molecule has 1 aliphatic heterocycles. The third-order valence-corrected chi connectivity index (χ3v) is 5.03. The fourth-order valence-electron chi connectivity index (χ4n) is 3.18. The molecule has 2 rings (SSSR count). The number of nitrogens with two attached hydrogens (primary N) is 1. The predicted octanol–water partition coefficient (Wildman–Crippen LogP) is 3.39. The Morgan fingerprint density at radius 3 is 2.58 bits per heavy atom. The van der Waals surface area contributed by atoms with E-state index in [0.29, 0.717) is 11.6 Å². The number of hydrogen-bond acceptors (Lipinski definition) is 3. The smallest absolute Gasteiger partial charge is 0.234 e. The minimum Gasteiger partial charge on any atom is -0.348 e. The van der Waals surface area contributed by atoms with E-state index >= 15 is 0 Å². The monoisotopic (exact) mass is 373 g/mol. The van der Waals surface area contributed by atoms with Crippen molar-refractivity contribution in [2.45, 2.75) is 45.7 Å². The highest BCUT2D eigenvalue weighted by Crippen LogP contribution is 2.27. The molecule has 6 heteroatoms. The van der Waals surface area contributed by atoms with Gasteiger partial charge in [-0.05, 0) is 36.0 Å². The highest BCUT2D eigenvalue weighted by Gasteiger charge is 2.34. The summed E-state index contributed by atoms with van der Waals surface area (Å²) in [6.07, 6.45) is 1.79. The van der Waals surface area contributed by atoms with Crippen LogP contribution in [-0.2, 0) is 4.79 Å². The van der Waals surface area contributed by atoms with E-state index in [2.05, 4.69) is 31.0 Å². The third kappa shape index (κ3) is 5.62. The number of carbonyl (C=O) groups excluding carboxylic acids is 1. The minimum absolute atomic E-state index is 0. The Morgan fingerprint density at radius 1 is 1.42 bits per heavy atom. The molecule has 1 aromatic carbocycles. The molecule has 1 amide bonds. The second-order valence-electron chi connectivity index (χ2n) is 7.17. The number of likely N-dealkylation sites (tertiary alicyclic amines) is 1. The van der Waals surface area contributed by atoms with Gasteiger partial charge in [0, 0.05) is 24.2 Å². The number of hydrogen-bond donors (Lipinski definition) is 2. The van der Waals surface area contributed by atoms with Gasteiger partial charge in [-0.1, -0.05) is 44.5 Å². The zero-order valence-electron chi connectivity index (χ0n) is 14.7. The topological polar surface area (TPSA) is 58.4 Å². The van der Waals surface area contributed by atoms with Crippen LogP contribution in [0.3, 0.4) is 0 Å². The Balaban J connectivity index is 0.00000288. The molecule has 1 heterocycles. The quantitative estimate of drug-likeness (QED) is 0.831. The van der Waals surface area contributed by atoms with Crippen molar-refractivity contribution in [2.24, 2.45) is 11.1 Å². The number of carbonyl (C=O) groups is 1. The van der Waals surface area contributed by atoms with Crippen LogP contribution in [0.25, 0.3) is 0 Å². The van der Waals surface area contributed by atoms with E-state index in [4.69, 9.17) is 17.3 Å². The van der Waals surface area contributed by atoms with E-state index in [9.17, 15) is 4.79 Å². The lowest BCUT2D eigenvalue weighted by Gasteiger charge is -2.42. The normalized spacial score (nSPS) is 21.6. The Labute approximate surface area is 156 Å². The molecule has 0 saturated carbocycles. The van der Waals surface area contributed by atoms with Crippen LogP contribution in [0.2, 0.25) is 5.02 Å². The van der Waals surface area contributed by atoms with E-state index in [0.717, 1.165) is 31.5 Å². The van der Waals surface area contributed by atoms with Gasteiger partial charge in [-0.2, -0.15) is 0 Å². The second-order valence-corrected chi connectivity index (χ2v) is 7.61. The molecular formula is C18H29Cl2N3O. The van der Waals surface area contributed by atoms with Crippen molar-refractivity contribution in [1.82, 2.24) is 10.2 Å². The Kier molecular flexibility index (Phi) is 8.00. The van der Waals surface area contributed by atoms with Crippen molar-refractivity contribution < 1.29 is 4.79 Å². The molecule has 2 atom stereocenters. The highest BCUT2D eigenvalue weighted by atomic mass is 35.5. The van der Waals surface area contributed by atoms with Crippen LogP contribution < -0.4 is 11.1 Å². The molecule has 1 fully saturated rings. The molecule has 1 aliphatic rings. The molecule has 1 saturated heterocycles. The summed E-state index contributed by atoms with van der Waals surface area (Å²) in [6.45, 7) is 8.59. The third-order valence-electron chi connectivity index (χ3n) is 4.77. The average molecular weight is 374 g/mol. The Hall–Kier alpha value is -0.810. The van der Waals surface area contributed by atoms with Crippen LogP contribution in [-0.4, -0.2) is 36.5 Å². The zero-order valence-corrected chi connectivity index (χ0v) is 16.3. The fourth-order valence-corrected chi connectivity index (χ4v) is 3.31. The molecule has 0 spiro atoms. The fraction of sp³-hybridized carbons (Fsp3) is 0.611. The first-order valence-corrected chi connectivity index (χ1v) is 8.72. The summed E-state index contributed by atoms with van der Waals surface area (Å²) >= 11 is 5.93. The molecule has 0 aromatic heterocycles. The van der Waals surface area contributed by atoms with Crippen LogP contribution in [0.15, 0.2) is 24.3 Å². The van der Waals surface area contributed by atoms with Gasteiger partial charge < -0.3 is 11.1 Å². The highest BCUT2D eigenvalue weighted by molar-refractivity contribution is 6.30. The summed E-state index contributed by atoms with van der Waals surface area (Å²) in [5.74, 6) is 0.0677. The lowest BCUT2D eigenvalue weighted by atomic mass is 9.80. The second kappa shape index (κ2) is 9.04. The maximum Gasteiger partial charge on any atom is 0.234 e. The van der Waals surface area contributed by atoms with Crippen molar-refractivity contribution >= 4 is 29.9 Å². The van der Waals surface area contributed by atoms with Gasteiger partial charge in [0.15, 0.2) is 0 Å². The average Bonchev–Trinajstić information content (AvgIpc) is 2.49. The van der Waals surface area contributed by atoms with Crippen LogP contribution in [0.1, 0.15) is 45.2 Å². The van der Waals surface area contributed by atoms with Crippen LogP contribution in [0, 0.1) is 5.41 Å². The van der Waals surface area contributed by atoms with Gasteiger partial charge in [0.25, 0.3) is 0 Å². The van der Waals surface area contributed by atoms with Gasteiger partial charge in [-0.25, -0.2) is 0 Å². The van der Waals surface area contributed by atoms with Crippen molar-refractivity contribution in [1.29, 1.82) is 0 Å². The number of piperidine rings is 1. The molecule has 2 unspecified atom stereocenters. The van der Waals surface area contributed by atoms with E-state index < -0.39 is 0 Å². The van der Waals surface area contributed by atoms with Crippen molar-refractivity contribution in [3.05, 3.63) is 34.9 Å². The maximum atomic E-state index is 12.4. The molecule has 4 nitrogen and oxygen atoms in total. The largest absolute Gasteiger partial charge is 0.348 e. The molecule has 24 heavy (non-hydrogen) atoms. The molecule has 136 valence electrons. The van der Waals surface area contributed by atoms with Gasteiger partial charge in [-0.3, -0.25) is 9.69 Å². The Bertz CT molecular complexity index is 534. The predicted molar refractivity (Wildman–Crippen MR) is 103 cm³/mol. The summed E-state index contributed by atoms with van der Waals surface area (Å²) in [5.41, 5.74) is 7.30. The minimum atomic E-state index is 0. The summed E-state index contributed by atoms with van der Waals surface area (Å²) in [5, 5.41) is 3.84. The van der Waals surface area contributed by atoms with E-state index in [1.54, 1.807) is 0 Å². The van der Waals surface area contributed by atoms with E-state index in [-0.39, 0.29) is 35.8 Å². The van der Waals surface area contributed by atoms with Crippen molar-refractivity contribution in [3.8, 4) is 0 Å². The van der Waals surface area contributed by atoms with Gasteiger partial charge in [-0.15, -0.1) is 12.4 Å². The molecule has 0 radical (unpaired) electrons. The number of halogens is 2. The molecule has 0 bridgehead atoms. The first-order valence-electron chi connectivity index (χ1n) is 8.34. The number of benzene rings is 1. The maximum absolute atomic E-state index is 12.4. The first kappa shape index (κ1) is 21.2. The SMILES string of the molecule is CCC(NC(=O)CN1CCC(N)C(C)(C)C1)c1ccc(Cl)cc1.Cl. The summed E-state index contributed by atoms with van der Waals surface area (Å²) in [7, 11) is 0. The summed E-state index contributed by atoms with van der Waals surface area (Å²) < 4.78 is 0. The van der Waals surface area contributed by atoms with E-state index in [1.807, 2.05) is 24.3 Å². The number of rotatable bonds is 5. The molecular weight excluding hydrogens is 345 g/mol. The van der Waals surface area contributed by atoms with Crippen molar-refractivity contribution in [3.63, 3.8) is 0 Å². The lowest BCUT2D eigenvalue weighted by Crippen LogP contribution is -2.54. The molecule has 1 aromatic rings. The van der Waals surface area contributed by atoms with E-state index in [1.165, 1.54) is 0 Å². The number of nitrogens with one attached hydrogen (secondary N) is 1. The lowest BCUT2D eigenvalue weighted by molar-refractivity contribution is -0.123. The van der Waals surface area contributed by atoms with Gasteiger partial charge in [0.1, 0.15) is 0 Å². The van der Waals surface area contributed by atoms with Gasteiger partial charge in [0.2, 0.25) is 5.91 Å². The standard InChI is InChI=1S/C18H28ClN3O.ClH/c1-4-15(13-5-7-14(19)8-6-13)21-17(23)11-22-10-9-16(20)18(2,3)12-22;/h5-8,15-16H,4,9-12,20H2,1-3H3,(H,21,23);1H. The molecule has 3 N–H and O–H groups in total. The van der Waals surface area contributed by atoms with Crippen LogP contribution >= 0.6 is 24.0 Å². The first-order chi connectivity index (χ1) is 10.8. The van der Waals surface area contributed by atoms with Gasteiger partial charge >= 0.3 is 0 Å². The zero-order chi connectivity index (χ0) is 17.0. The number of nitrogens with zero attached hydrogens (tertiary/aromatic N) is 1. The molecule has 0 aliphatic carbocycles. The summed E-state index contributed by atoms with van der Waals surface area (Å²) in [4.78, 5) is 14.6.